The molecule has 1 unspecified atom stereocenters. The van der Waals surface area contributed by atoms with Crippen molar-refractivity contribution in [1.29, 1.82) is 0 Å². The quantitative estimate of drug-likeness (QED) is 0.479. The fourth-order valence-electron chi connectivity index (χ4n) is 6.03. The third-order valence-corrected chi connectivity index (χ3v) is 7.95. The van der Waals surface area contributed by atoms with Crippen LogP contribution < -0.4 is 5.32 Å². The fourth-order valence-corrected chi connectivity index (χ4v) is 6.03. The van der Waals surface area contributed by atoms with Gasteiger partial charge in [0.15, 0.2) is 5.96 Å². The highest BCUT2D eigenvalue weighted by molar-refractivity contribution is 5.80. The number of carbonyl (C=O) groups is 1. The van der Waals surface area contributed by atoms with E-state index in [0.29, 0.717) is 11.8 Å². The van der Waals surface area contributed by atoms with E-state index >= 15 is 0 Å². The number of carbonyl (C=O) groups excluding carboxylic acids is 1. The molecule has 4 rings (SSSR count). The molecule has 1 amide bonds. The topological polar surface area (TPSA) is 54.4 Å². The molecule has 1 saturated carbocycles. The van der Waals surface area contributed by atoms with E-state index in [9.17, 15) is 4.79 Å². The van der Waals surface area contributed by atoms with Crippen LogP contribution in [0.1, 0.15) is 58.3 Å². The van der Waals surface area contributed by atoms with Gasteiger partial charge in [0, 0.05) is 64.8 Å². The maximum absolute atomic E-state index is 12.7. The van der Waals surface area contributed by atoms with Crippen LogP contribution in [0, 0.1) is 11.8 Å². The number of piperazine rings is 1. The van der Waals surface area contributed by atoms with Gasteiger partial charge in [0.25, 0.3) is 0 Å². The van der Waals surface area contributed by atoms with E-state index in [-0.39, 0.29) is 0 Å². The molecule has 3 saturated heterocycles. The third-order valence-electron chi connectivity index (χ3n) is 7.95. The van der Waals surface area contributed by atoms with Crippen LogP contribution in [0.5, 0.6) is 0 Å². The van der Waals surface area contributed by atoms with Crippen LogP contribution in [0.3, 0.4) is 0 Å². The summed E-state index contributed by atoms with van der Waals surface area (Å²) in [5, 5.41) is 3.53. The number of nitrogens with one attached hydrogen (secondary N) is 1. The first-order chi connectivity index (χ1) is 15.7. The molecule has 0 aromatic rings. The molecule has 0 bridgehead atoms. The first kappa shape index (κ1) is 23.8. The average molecular weight is 447 g/mol. The maximum atomic E-state index is 12.7. The smallest absolute Gasteiger partial charge is 0.225 e. The molecule has 0 radical (unpaired) electrons. The van der Waals surface area contributed by atoms with Crippen LogP contribution in [0.25, 0.3) is 0 Å². The minimum absolute atomic E-state index is 0.313. The molecule has 0 spiro atoms. The predicted octanol–water partition coefficient (Wildman–Crippen LogP) is 2.09. The molecular weight excluding hydrogens is 400 g/mol. The molecule has 182 valence electrons. The van der Waals surface area contributed by atoms with E-state index in [0.717, 1.165) is 83.6 Å². The Labute approximate surface area is 195 Å². The number of likely N-dealkylation sites (tertiary alicyclic amines) is 2. The van der Waals surface area contributed by atoms with Crippen LogP contribution in [0.15, 0.2) is 4.99 Å². The van der Waals surface area contributed by atoms with Gasteiger partial charge >= 0.3 is 0 Å². The zero-order valence-electron chi connectivity index (χ0n) is 20.4. The highest BCUT2D eigenvalue weighted by Crippen LogP contribution is 2.27. The van der Waals surface area contributed by atoms with Crippen molar-refractivity contribution in [3.63, 3.8) is 0 Å². The molecule has 7 nitrogen and oxygen atoms in total. The second kappa shape index (κ2) is 12.2. The van der Waals surface area contributed by atoms with Gasteiger partial charge in [0.1, 0.15) is 0 Å². The van der Waals surface area contributed by atoms with Gasteiger partial charge in [-0.2, -0.15) is 0 Å². The molecule has 3 aliphatic heterocycles. The van der Waals surface area contributed by atoms with Gasteiger partial charge in [-0.15, -0.1) is 0 Å². The van der Waals surface area contributed by atoms with Crippen molar-refractivity contribution in [2.45, 2.75) is 58.3 Å². The molecule has 3 heterocycles. The number of amides is 1. The fraction of sp³-hybridized carbons (Fsp3) is 0.920. The van der Waals surface area contributed by atoms with E-state index in [2.05, 4.69) is 31.8 Å². The first-order valence-corrected chi connectivity index (χ1v) is 13.5. The minimum atomic E-state index is 0.313. The third kappa shape index (κ3) is 6.60. The van der Waals surface area contributed by atoms with Crippen LogP contribution in [0.2, 0.25) is 0 Å². The van der Waals surface area contributed by atoms with E-state index in [4.69, 9.17) is 4.99 Å². The van der Waals surface area contributed by atoms with Gasteiger partial charge in [-0.3, -0.25) is 14.7 Å². The Kier molecular flexibility index (Phi) is 9.09. The number of nitrogens with zero attached hydrogens (tertiary/aromatic N) is 5. The molecule has 0 aromatic carbocycles. The highest BCUT2D eigenvalue weighted by Gasteiger charge is 2.30. The number of aliphatic imine (C=N–C) groups is 1. The lowest BCUT2D eigenvalue weighted by Gasteiger charge is -2.35. The molecule has 4 aliphatic rings. The van der Waals surface area contributed by atoms with E-state index in [1.54, 1.807) is 0 Å². The second-order valence-electron chi connectivity index (χ2n) is 10.3. The van der Waals surface area contributed by atoms with Gasteiger partial charge in [-0.1, -0.05) is 19.3 Å². The van der Waals surface area contributed by atoms with Crippen molar-refractivity contribution < 1.29 is 4.79 Å². The SMILES string of the molecule is CCNC(=NCCN1CCN(C(=O)C2CCCC2)CC1)N1CCC(CN2CCCCC2)C1. The zero-order valence-corrected chi connectivity index (χ0v) is 20.4. The summed E-state index contributed by atoms with van der Waals surface area (Å²) in [5.41, 5.74) is 0. The summed E-state index contributed by atoms with van der Waals surface area (Å²) in [7, 11) is 0. The van der Waals surface area contributed by atoms with Gasteiger partial charge in [-0.25, -0.2) is 0 Å². The first-order valence-electron chi connectivity index (χ1n) is 13.5. The number of rotatable bonds is 7. The number of hydrogen-bond acceptors (Lipinski definition) is 4. The van der Waals surface area contributed by atoms with Gasteiger partial charge in [0.2, 0.25) is 5.91 Å². The lowest BCUT2D eigenvalue weighted by Crippen LogP contribution is -2.50. The van der Waals surface area contributed by atoms with Gasteiger partial charge in [-0.05, 0) is 58.0 Å². The maximum Gasteiger partial charge on any atom is 0.225 e. The summed E-state index contributed by atoms with van der Waals surface area (Å²) in [6.45, 7) is 14.8. The molecule has 32 heavy (non-hydrogen) atoms. The lowest BCUT2D eigenvalue weighted by molar-refractivity contribution is -0.137. The Hall–Kier alpha value is -1.34. The average Bonchev–Trinajstić information content (AvgIpc) is 3.52. The van der Waals surface area contributed by atoms with Gasteiger partial charge in [0.05, 0.1) is 6.54 Å². The number of guanidine groups is 1. The normalized spacial score (nSPS) is 26.8. The predicted molar refractivity (Wildman–Crippen MR) is 131 cm³/mol. The van der Waals surface area contributed by atoms with Crippen LogP contribution in [0.4, 0.5) is 0 Å². The van der Waals surface area contributed by atoms with Crippen molar-refractivity contribution in [2.24, 2.45) is 16.8 Å². The summed E-state index contributed by atoms with van der Waals surface area (Å²) in [4.78, 5) is 27.4. The van der Waals surface area contributed by atoms with E-state index in [1.165, 1.54) is 58.2 Å². The zero-order chi connectivity index (χ0) is 22.2. The van der Waals surface area contributed by atoms with E-state index < -0.39 is 0 Å². The molecule has 1 aliphatic carbocycles. The van der Waals surface area contributed by atoms with Crippen LogP contribution >= 0.6 is 0 Å². The molecule has 4 fully saturated rings. The van der Waals surface area contributed by atoms with Crippen molar-refractivity contribution in [2.75, 3.05) is 78.5 Å². The monoisotopic (exact) mass is 446 g/mol. The molecule has 0 aromatic heterocycles. The Balaban J connectivity index is 1.18. The summed E-state index contributed by atoms with van der Waals surface area (Å²) < 4.78 is 0. The molecule has 7 heteroatoms. The van der Waals surface area contributed by atoms with Crippen molar-refractivity contribution in [3.8, 4) is 0 Å². The van der Waals surface area contributed by atoms with Crippen molar-refractivity contribution in [3.05, 3.63) is 0 Å². The Morgan fingerprint density at radius 3 is 2.31 bits per heavy atom. The van der Waals surface area contributed by atoms with Gasteiger partial charge < -0.3 is 20.0 Å². The Bertz CT molecular complexity index is 606. The summed E-state index contributed by atoms with van der Waals surface area (Å²) >= 11 is 0. The van der Waals surface area contributed by atoms with Crippen molar-refractivity contribution >= 4 is 11.9 Å². The summed E-state index contributed by atoms with van der Waals surface area (Å²) in [6, 6.07) is 0. The molecule has 1 atom stereocenters. The highest BCUT2D eigenvalue weighted by atomic mass is 16.2. The number of hydrogen-bond donors (Lipinski definition) is 1. The summed E-state index contributed by atoms with van der Waals surface area (Å²) in [5.74, 6) is 2.61. The van der Waals surface area contributed by atoms with E-state index in [1.807, 2.05) is 0 Å². The largest absolute Gasteiger partial charge is 0.357 e. The standard InChI is InChI=1S/C25H46N6O/c1-2-26-25(31-14-10-22(21-31)20-29-12-6-3-7-13-29)27-11-15-28-16-18-30(19-17-28)24(32)23-8-4-5-9-23/h22-23H,2-21H2,1H3,(H,26,27). The van der Waals surface area contributed by atoms with Crippen molar-refractivity contribution in [1.82, 2.24) is 24.9 Å². The Morgan fingerprint density at radius 2 is 1.59 bits per heavy atom. The number of piperidine rings is 1. The van der Waals surface area contributed by atoms with Crippen LogP contribution in [-0.4, -0.2) is 110 Å². The minimum Gasteiger partial charge on any atom is -0.357 e. The molecular formula is C25H46N6O. The molecule has 1 N–H and O–H groups in total. The lowest BCUT2D eigenvalue weighted by atomic mass is 10.1. The van der Waals surface area contributed by atoms with Crippen LogP contribution in [-0.2, 0) is 4.79 Å². The summed E-state index contributed by atoms with van der Waals surface area (Å²) in [6.07, 6.45) is 10.1. The second-order valence-corrected chi connectivity index (χ2v) is 10.3. The Morgan fingerprint density at radius 1 is 0.844 bits per heavy atom.